The molecule has 8 heteroatoms. The summed E-state index contributed by atoms with van der Waals surface area (Å²) in [4.78, 5) is 39.1. The zero-order valence-corrected chi connectivity index (χ0v) is 20.0. The van der Waals surface area contributed by atoms with Crippen molar-refractivity contribution in [3.63, 3.8) is 0 Å². The van der Waals surface area contributed by atoms with E-state index in [2.05, 4.69) is 5.32 Å². The highest BCUT2D eigenvalue weighted by Gasteiger charge is 2.39. The summed E-state index contributed by atoms with van der Waals surface area (Å²) in [6.45, 7) is 4.42. The molecule has 3 aromatic rings. The molecule has 0 saturated carbocycles. The molecule has 3 aromatic carbocycles. The van der Waals surface area contributed by atoms with E-state index >= 15 is 0 Å². The molecule has 0 atom stereocenters. The average molecular weight is 491 g/mol. The quantitative estimate of drug-likeness (QED) is 0.262. The molecule has 0 bridgehead atoms. The van der Waals surface area contributed by atoms with E-state index in [0.717, 1.165) is 16.9 Å². The number of carbonyl (C=O) groups is 3. The summed E-state index contributed by atoms with van der Waals surface area (Å²) in [6, 6.07) is 20.2. The third-order valence-corrected chi connectivity index (χ3v) is 5.72. The van der Waals surface area contributed by atoms with Crippen LogP contribution in [0.3, 0.4) is 0 Å². The maximum atomic E-state index is 13.0. The lowest BCUT2D eigenvalue weighted by Crippen LogP contribution is -2.32. The number of amides is 2. The molecule has 0 fully saturated rings. The van der Waals surface area contributed by atoms with Gasteiger partial charge < -0.3 is 14.8 Å². The number of rotatable bonds is 8. The maximum absolute atomic E-state index is 13.0. The van der Waals surface area contributed by atoms with Crippen molar-refractivity contribution in [1.82, 2.24) is 0 Å². The van der Waals surface area contributed by atoms with E-state index < -0.39 is 17.8 Å². The minimum atomic E-state index is -0.627. The van der Waals surface area contributed by atoms with Crippen LogP contribution in [-0.2, 0) is 16.0 Å². The molecular weight excluding hydrogens is 468 g/mol. The summed E-state index contributed by atoms with van der Waals surface area (Å²) in [7, 11) is 0. The van der Waals surface area contributed by atoms with Crippen molar-refractivity contribution in [3.05, 3.63) is 94.7 Å². The maximum Gasteiger partial charge on any atom is 0.343 e. The normalized spacial score (nSPS) is 13.3. The fraction of sp³-hybridized carbons (Fsp3) is 0.148. The number of anilines is 2. The third-order valence-electron chi connectivity index (χ3n) is 5.37. The van der Waals surface area contributed by atoms with Gasteiger partial charge in [0.1, 0.15) is 22.2 Å². The van der Waals surface area contributed by atoms with Crippen molar-refractivity contribution in [2.24, 2.45) is 0 Å². The Bertz CT molecular complexity index is 1280. The SMILES string of the molecule is CCOc1ccc(N2C(=O)C(Cl)=C(Nc3ccc(C(=O)Oc4ccc(CC)cc4)cc3)C2=O)cc1. The second-order valence-corrected chi connectivity index (χ2v) is 8.03. The van der Waals surface area contributed by atoms with Crippen LogP contribution >= 0.6 is 11.6 Å². The van der Waals surface area contributed by atoms with E-state index in [9.17, 15) is 14.4 Å². The van der Waals surface area contributed by atoms with Crippen LogP contribution in [0.4, 0.5) is 11.4 Å². The molecule has 0 spiro atoms. The summed E-state index contributed by atoms with van der Waals surface area (Å²) >= 11 is 6.20. The van der Waals surface area contributed by atoms with Crippen LogP contribution in [0.25, 0.3) is 0 Å². The Balaban J connectivity index is 1.44. The van der Waals surface area contributed by atoms with E-state index in [0.29, 0.717) is 35.0 Å². The molecule has 0 unspecified atom stereocenters. The minimum Gasteiger partial charge on any atom is -0.494 e. The van der Waals surface area contributed by atoms with E-state index in [4.69, 9.17) is 21.1 Å². The van der Waals surface area contributed by atoms with Crippen molar-refractivity contribution >= 4 is 40.8 Å². The molecule has 2 amide bonds. The molecule has 178 valence electrons. The van der Waals surface area contributed by atoms with E-state index in [-0.39, 0.29) is 10.7 Å². The summed E-state index contributed by atoms with van der Waals surface area (Å²) in [6.07, 6.45) is 0.898. The highest BCUT2D eigenvalue weighted by Crippen LogP contribution is 2.31. The number of nitrogens with zero attached hydrogens (tertiary/aromatic N) is 1. The Hall–Kier alpha value is -4.10. The van der Waals surface area contributed by atoms with Gasteiger partial charge in [-0.05, 0) is 79.6 Å². The Morgan fingerprint density at radius 2 is 1.49 bits per heavy atom. The molecule has 0 saturated heterocycles. The summed E-state index contributed by atoms with van der Waals surface area (Å²) in [5, 5.41) is 2.67. The first-order chi connectivity index (χ1) is 16.9. The molecule has 1 aliphatic heterocycles. The monoisotopic (exact) mass is 490 g/mol. The van der Waals surface area contributed by atoms with Crippen LogP contribution in [0.2, 0.25) is 0 Å². The zero-order chi connectivity index (χ0) is 24.9. The number of halogens is 1. The van der Waals surface area contributed by atoms with Gasteiger partial charge in [0.15, 0.2) is 0 Å². The Morgan fingerprint density at radius 3 is 2.09 bits per heavy atom. The second kappa shape index (κ2) is 10.4. The largest absolute Gasteiger partial charge is 0.494 e. The number of ether oxygens (including phenoxy) is 2. The average Bonchev–Trinajstić information content (AvgIpc) is 3.08. The topological polar surface area (TPSA) is 84.9 Å². The number of hydrogen-bond acceptors (Lipinski definition) is 6. The highest BCUT2D eigenvalue weighted by molar-refractivity contribution is 6.53. The van der Waals surface area contributed by atoms with Crippen LogP contribution in [0.15, 0.2) is 83.5 Å². The van der Waals surface area contributed by atoms with Crippen molar-refractivity contribution in [2.75, 3.05) is 16.8 Å². The van der Waals surface area contributed by atoms with Gasteiger partial charge in [0.25, 0.3) is 11.8 Å². The lowest BCUT2D eigenvalue weighted by Gasteiger charge is -2.15. The molecule has 1 heterocycles. The van der Waals surface area contributed by atoms with Gasteiger partial charge in [-0.15, -0.1) is 0 Å². The molecule has 1 aliphatic rings. The molecule has 35 heavy (non-hydrogen) atoms. The zero-order valence-electron chi connectivity index (χ0n) is 19.2. The number of imide groups is 1. The number of benzene rings is 3. The van der Waals surface area contributed by atoms with Crippen LogP contribution in [0.1, 0.15) is 29.8 Å². The predicted molar refractivity (Wildman–Crippen MR) is 134 cm³/mol. The second-order valence-electron chi connectivity index (χ2n) is 7.65. The molecule has 1 N–H and O–H groups in total. The Labute approximate surface area is 207 Å². The molecule has 0 aromatic heterocycles. The first kappa shape index (κ1) is 24.0. The van der Waals surface area contributed by atoms with E-state index in [1.807, 2.05) is 26.0 Å². The molecule has 0 aliphatic carbocycles. The van der Waals surface area contributed by atoms with Gasteiger partial charge in [-0.1, -0.05) is 30.7 Å². The van der Waals surface area contributed by atoms with Gasteiger partial charge in [0, 0.05) is 5.69 Å². The van der Waals surface area contributed by atoms with E-state index in [1.165, 1.54) is 0 Å². The van der Waals surface area contributed by atoms with Crippen molar-refractivity contribution < 1.29 is 23.9 Å². The molecule has 4 rings (SSSR count). The van der Waals surface area contributed by atoms with Crippen LogP contribution in [-0.4, -0.2) is 24.4 Å². The lowest BCUT2D eigenvalue weighted by molar-refractivity contribution is -0.120. The van der Waals surface area contributed by atoms with Gasteiger partial charge in [-0.3, -0.25) is 9.59 Å². The van der Waals surface area contributed by atoms with E-state index in [1.54, 1.807) is 60.7 Å². The van der Waals surface area contributed by atoms with Gasteiger partial charge in [0.05, 0.1) is 17.9 Å². The number of esters is 1. The third kappa shape index (κ3) is 5.20. The Kier molecular flexibility index (Phi) is 7.17. The molecule has 0 radical (unpaired) electrons. The summed E-state index contributed by atoms with van der Waals surface area (Å²) < 4.78 is 10.8. The van der Waals surface area contributed by atoms with Crippen molar-refractivity contribution in [3.8, 4) is 11.5 Å². The molecular formula is C27H23ClN2O5. The number of carbonyl (C=O) groups excluding carboxylic acids is 3. The lowest BCUT2D eigenvalue weighted by atomic mass is 10.1. The van der Waals surface area contributed by atoms with Gasteiger partial charge in [0.2, 0.25) is 0 Å². The Morgan fingerprint density at radius 1 is 0.857 bits per heavy atom. The predicted octanol–water partition coefficient (Wildman–Crippen LogP) is 5.30. The fourth-order valence-corrected chi connectivity index (χ4v) is 3.71. The standard InChI is InChI=1S/C27H23ClN2O5/c1-3-17-5-13-22(14-6-17)35-27(33)18-7-9-19(10-8-18)29-24-23(28)25(31)30(26(24)32)20-11-15-21(16-12-20)34-4-2/h5-16,29H,3-4H2,1-2H3. The van der Waals surface area contributed by atoms with Crippen LogP contribution in [0.5, 0.6) is 11.5 Å². The van der Waals surface area contributed by atoms with Gasteiger partial charge in [-0.25, -0.2) is 9.69 Å². The number of aryl methyl sites for hydroxylation is 1. The fourth-order valence-electron chi connectivity index (χ4n) is 3.50. The first-order valence-corrected chi connectivity index (χ1v) is 11.5. The minimum absolute atomic E-state index is 0.0445. The smallest absolute Gasteiger partial charge is 0.343 e. The van der Waals surface area contributed by atoms with Gasteiger partial charge >= 0.3 is 5.97 Å². The molecule has 7 nitrogen and oxygen atoms in total. The highest BCUT2D eigenvalue weighted by atomic mass is 35.5. The van der Waals surface area contributed by atoms with Crippen molar-refractivity contribution in [1.29, 1.82) is 0 Å². The van der Waals surface area contributed by atoms with Gasteiger partial charge in [-0.2, -0.15) is 0 Å². The summed E-state index contributed by atoms with van der Waals surface area (Å²) in [5.41, 5.74) is 2.30. The van der Waals surface area contributed by atoms with Crippen LogP contribution < -0.4 is 19.7 Å². The van der Waals surface area contributed by atoms with Crippen LogP contribution in [0, 0.1) is 0 Å². The van der Waals surface area contributed by atoms with Crippen molar-refractivity contribution in [2.45, 2.75) is 20.3 Å². The number of hydrogen-bond donors (Lipinski definition) is 1. The number of nitrogens with one attached hydrogen (secondary N) is 1. The first-order valence-electron chi connectivity index (χ1n) is 11.1. The summed E-state index contributed by atoms with van der Waals surface area (Å²) in [5.74, 6) is -0.632.